The van der Waals surface area contributed by atoms with Gasteiger partial charge in [0.15, 0.2) is 5.65 Å². The van der Waals surface area contributed by atoms with Crippen LogP contribution in [0.2, 0.25) is 0 Å². The van der Waals surface area contributed by atoms with Gasteiger partial charge in [-0.25, -0.2) is 9.97 Å². The molecule has 0 bridgehead atoms. The molecular formula is C29H27F6N5. The molecule has 0 aliphatic heterocycles. The Balaban J connectivity index is 1.52. The molecule has 210 valence electrons. The summed E-state index contributed by atoms with van der Waals surface area (Å²) in [5.74, 6) is 0.687. The quantitative estimate of drug-likeness (QED) is 0.234. The summed E-state index contributed by atoms with van der Waals surface area (Å²) in [7, 11) is 0. The number of hydrogen-bond acceptors (Lipinski definition) is 5. The number of anilines is 2. The Morgan fingerprint density at radius 2 is 1.57 bits per heavy atom. The fourth-order valence-electron chi connectivity index (χ4n) is 4.93. The molecule has 5 nitrogen and oxygen atoms in total. The first-order valence-electron chi connectivity index (χ1n) is 13.0. The van der Waals surface area contributed by atoms with Crippen molar-refractivity contribution in [1.82, 2.24) is 20.3 Å². The monoisotopic (exact) mass is 559 g/mol. The van der Waals surface area contributed by atoms with E-state index in [0.29, 0.717) is 41.0 Å². The number of nitrogens with one attached hydrogen (secondary N) is 2. The molecule has 0 amide bonds. The summed E-state index contributed by atoms with van der Waals surface area (Å²) in [5, 5.41) is 7.15. The van der Waals surface area contributed by atoms with Crippen LogP contribution in [-0.2, 0) is 18.9 Å². The lowest BCUT2D eigenvalue weighted by Gasteiger charge is -2.27. The van der Waals surface area contributed by atoms with Crippen molar-refractivity contribution >= 4 is 22.4 Å². The number of benzene rings is 1. The number of hydrogen-bond donors (Lipinski definition) is 2. The van der Waals surface area contributed by atoms with Crippen LogP contribution in [0.25, 0.3) is 22.4 Å². The van der Waals surface area contributed by atoms with Gasteiger partial charge in [-0.2, -0.15) is 26.3 Å². The van der Waals surface area contributed by atoms with E-state index in [4.69, 9.17) is 0 Å². The standard InChI is InChI=1S/C29H27F6N5/c1-17-4-8-19(9-5-17)37-16-21-15-25(38-20-10-6-18(7-11-20)28(30,31)32)22-12-13-24(40-27(22)39-21)26-23(29(33,34)35)3-2-14-36-26/h2-3,6-7,10-15,17,19,37H,4-5,8-9,16H2,1H3,(H,38,39,40). The Kier molecular flexibility index (Phi) is 7.67. The zero-order chi connectivity index (χ0) is 28.5. The van der Waals surface area contributed by atoms with Gasteiger partial charge in [0.05, 0.1) is 28.2 Å². The summed E-state index contributed by atoms with van der Waals surface area (Å²) in [5.41, 5.74) is -0.246. The third-order valence-corrected chi connectivity index (χ3v) is 7.16. The van der Waals surface area contributed by atoms with Crippen molar-refractivity contribution in [2.75, 3.05) is 5.32 Å². The van der Waals surface area contributed by atoms with Crippen molar-refractivity contribution in [2.24, 2.45) is 5.92 Å². The van der Waals surface area contributed by atoms with Gasteiger partial charge in [0.2, 0.25) is 0 Å². The first kappa shape index (κ1) is 27.8. The zero-order valence-electron chi connectivity index (χ0n) is 21.6. The van der Waals surface area contributed by atoms with Crippen LogP contribution in [0, 0.1) is 5.92 Å². The SMILES string of the molecule is CC1CCC(NCc2cc(Nc3ccc(C(F)(F)F)cc3)c3ccc(-c4ncccc4C(F)(F)F)nc3n2)CC1. The van der Waals surface area contributed by atoms with Gasteiger partial charge in [-0.1, -0.05) is 6.92 Å². The second kappa shape index (κ2) is 11.0. The fraction of sp³-hybridized carbons (Fsp3) is 0.345. The Bertz CT molecular complexity index is 1480. The topological polar surface area (TPSA) is 62.7 Å². The average molecular weight is 560 g/mol. The molecule has 0 spiro atoms. The predicted molar refractivity (Wildman–Crippen MR) is 141 cm³/mol. The van der Waals surface area contributed by atoms with E-state index in [9.17, 15) is 26.3 Å². The van der Waals surface area contributed by atoms with E-state index >= 15 is 0 Å². The number of nitrogens with zero attached hydrogens (tertiary/aromatic N) is 3. The molecule has 3 aromatic heterocycles. The van der Waals surface area contributed by atoms with Gasteiger partial charge in [-0.05, 0) is 86.2 Å². The van der Waals surface area contributed by atoms with Gasteiger partial charge in [-0.3, -0.25) is 4.98 Å². The van der Waals surface area contributed by atoms with Crippen LogP contribution in [0.5, 0.6) is 0 Å². The van der Waals surface area contributed by atoms with E-state index in [1.807, 2.05) is 0 Å². The van der Waals surface area contributed by atoms with E-state index in [1.54, 1.807) is 12.1 Å². The zero-order valence-corrected chi connectivity index (χ0v) is 21.6. The molecular weight excluding hydrogens is 532 g/mol. The molecule has 0 radical (unpaired) electrons. The highest BCUT2D eigenvalue weighted by Gasteiger charge is 2.35. The minimum Gasteiger partial charge on any atom is -0.355 e. The van der Waals surface area contributed by atoms with Gasteiger partial charge in [-0.15, -0.1) is 0 Å². The largest absolute Gasteiger partial charge is 0.418 e. The molecule has 40 heavy (non-hydrogen) atoms. The maximum Gasteiger partial charge on any atom is 0.418 e. The lowest BCUT2D eigenvalue weighted by molar-refractivity contribution is -0.138. The molecule has 2 N–H and O–H groups in total. The van der Waals surface area contributed by atoms with Gasteiger partial charge < -0.3 is 10.6 Å². The Hall–Kier alpha value is -3.73. The van der Waals surface area contributed by atoms with Crippen molar-refractivity contribution in [3.05, 3.63) is 77.6 Å². The average Bonchev–Trinajstić information content (AvgIpc) is 2.92. The first-order valence-corrected chi connectivity index (χ1v) is 13.0. The molecule has 11 heteroatoms. The Morgan fingerprint density at radius 3 is 2.25 bits per heavy atom. The van der Waals surface area contributed by atoms with Gasteiger partial charge >= 0.3 is 12.4 Å². The van der Waals surface area contributed by atoms with Crippen LogP contribution >= 0.6 is 0 Å². The minimum absolute atomic E-state index is 0.0137. The number of halogens is 6. The fourth-order valence-corrected chi connectivity index (χ4v) is 4.93. The predicted octanol–water partition coefficient (Wildman–Crippen LogP) is 8.14. The molecule has 1 fully saturated rings. The highest BCUT2D eigenvalue weighted by atomic mass is 19.4. The molecule has 4 aromatic rings. The highest BCUT2D eigenvalue weighted by molar-refractivity contribution is 5.92. The van der Waals surface area contributed by atoms with Crippen LogP contribution in [0.1, 0.15) is 49.4 Å². The summed E-state index contributed by atoms with van der Waals surface area (Å²) < 4.78 is 80.0. The normalized spacial score (nSPS) is 18.2. The van der Waals surface area contributed by atoms with Crippen LogP contribution in [-0.4, -0.2) is 21.0 Å². The smallest absolute Gasteiger partial charge is 0.355 e. The maximum atomic E-state index is 13.6. The number of pyridine rings is 3. The molecule has 1 aliphatic rings. The van der Waals surface area contributed by atoms with Crippen molar-refractivity contribution in [1.29, 1.82) is 0 Å². The van der Waals surface area contributed by atoms with Gasteiger partial charge in [0.25, 0.3) is 0 Å². The van der Waals surface area contributed by atoms with E-state index in [2.05, 4.69) is 32.5 Å². The van der Waals surface area contributed by atoms with Crippen LogP contribution in [0.3, 0.4) is 0 Å². The molecule has 0 unspecified atom stereocenters. The molecule has 0 saturated heterocycles. The highest BCUT2D eigenvalue weighted by Crippen LogP contribution is 2.36. The molecule has 0 atom stereocenters. The van der Waals surface area contributed by atoms with E-state index < -0.39 is 23.5 Å². The van der Waals surface area contributed by atoms with E-state index in [-0.39, 0.29) is 17.0 Å². The molecule has 1 aromatic carbocycles. The van der Waals surface area contributed by atoms with Crippen molar-refractivity contribution in [3.63, 3.8) is 0 Å². The summed E-state index contributed by atoms with van der Waals surface area (Å²) >= 11 is 0. The summed E-state index contributed by atoms with van der Waals surface area (Å²) in [6.45, 7) is 2.63. The lowest BCUT2D eigenvalue weighted by Crippen LogP contribution is -2.32. The molecule has 1 saturated carbocycles. The van der Waals surface area contributed by atoms with E-state index in [1.165, 1.54) is 30.5 Å². The summed E-state index contributed by atoms with van der Waals surface area (Å²) in [6.07, 6.45) is -3.49. The van der Waals surface area contributed by atoms with Crippen molar-refractivity contribution < 1.29 is 26.3 Å². The number of aromatic nitrogens is 3. The minimum atomic E-state index is -4.62. The maximum absolute atomic E-state index is 13.6. The Morgan fingerprint density at radius 1 is 0.850 bits per heavy atom. The van der Waals surface area contributed by atoms with Crippen molar-refractivity contribution in [3.8, 4) is 11.4 Å². The summed E-state index contributed by atoms with van der Waals surface area (Å²) in [6, 6.07) is 11.9. The Labute approximate surface area is 227 Å². The van der Waals surface area contributed by atoms with Crippen LogP contribution < -0.4 is 10.6 Å². The number of fused-ring (bicyclic) bond motifs is 1. The first-order chi connectivity index (χ1) is 19.0. The van der Waals surface area contributed by atoms with E-state index in [0.717, 1.165) is 43.9 Å². The number of rotatable bonds is 6. The summed E-state index contributed by atoms with van der Waals surface area (Å²) in [4.78, 5) is 13.0. The van der Waals surface area contributed by atoms with Crippen LogP contribution in [0.15, 0.2) is 60.8 Å². The van der Waals surface area contributed by atoms with Gasteiger partial charge in [0, 0.05) is 29.9 Å². The lowest BCUT2D eigenvalue weighted by atomic mass is 9.87. The van der Waals surface area contributed by atoms with Gasteiger partial charge in [0.1, 0.15) is 5.69 Å². The third kappa shape index (κ3) is 6.35. The molecule has 1 aliphatic carbocycles. The van der Waals surface area contributed by atoms with Crippen molar-refractivity contribution in [2.45, 2.75) is 57.5 Å². The van der Waals surface area contributed by atoms with Crippen LogP contribution in [0.4, 0.5) is 37.7 Å². The number of alkyl halides is 6. The molecule has 5 rings (SSSR count). The second-order valence-electron chi connectivity index (χ2n) is 10.2. The third-order valence-electron chi connectivity index (χ3n) is 7.16. The molecule has 3 heterocycles. The second-order valence-corrected chi connectivity index (χ2v) is 10.2.